The third kappa shape index (κ3) is 2.79. The largest absolute Gasteiger partial charge is 0.394 e. The van der Waals surface area contributed by atoms with Gasteiger partial charge in [-0.15, -0.1) is 0 Å². The van der Waals surface area contributed by atoms with Crippen LogP contribution in [0.25, 0.3) is 0 Å². The highest BCUT2D eigenvalue weighted by Gasteiger charge is 2.52. The lowest BCUT2D eigenvalue weighted by molar-refractivity contribution is -0.348. The molecule has 0 aliphatic carbocycles. The van der Waals surface area contributed by atoms with Crippen LogP contribution >= 0.6 is 0 Å². The molecule has 0 unspecified atom stereocenters. The summed E-state index contributed by atoms with van der Waals surface area (Å²) in [4.78, 5) is 0. The number of rotatable bonds is 3. The van der Waals surface area contributed by atoms with Crippen molar-refractivity contribution in [3.63, 3.8) is 0 Å². The van der Waals surface area contributed by atoms with Gasteiger partial charge in [-0.05, 0) is 5.56 Å². The Labute approximate surface area is 110 Å². The number of ether oxygens (including phenoxy) is 1. The van der Waals surface area contributed by atoms with E-state index in [0.717, 1.165) is 0 Å². The van der Waals surface area contributed by atoms with Crippen LogP contribution in [-0.4, -0.2) is 62.3 Å². The molecule has 6 heteroatoms. The van der Waals surface area contributed by atoms with Crippen molar-refractivity contribution < 1.29 is 30.3 Å². The van der Waals surface area contributed by atoms with E-state index >= 15 is 0 Å². The van der Waals surface area contributed by atoms with E-state index in [-0.39, 0.29) is 6.42 Å². The van der Waals surface area contributed by atoms with Crippen molar-refractivity contribution in [1.29, 1.82) is 0 Å². The average Bonchev–Trinajstić information content (AvgIpc) is 2.42. The maximum atomic E-state index is 10.3. The van der Waals surface area contributed by atoms with Gasteiger partial charge in [0.25, 0.3) is 0 Å². The van der Waals surface area contributed by atoms with Crippen LogP contribution in [0.2, 0.25) is 0 Å². The Balaban J connectivity index is 2.21. The van der Waals surface area contributed by atoms with Gasteiger partial charge in [0.15, 0.2) is 5.79 Å². The van der Waals surface area contributed by atoms with E-state index in [1.807, 2.05) is 0 Å². The van der Waals surface area contributed by atoms with Gasteiger partial charge in [-0.3, -0.25) is 0 Å². The predicted octanol–water partition coefficient (Wildman–Crippen LogP) is -1.61. The molecule has 0 spiro atoms. The van der Waals surface area contributed by atoms with Crippen molar-refractivity contribution >= 4 is 0 Å². The van der Waals surface area contributed by atoms with Crippen molar-refractivity contribution in [2.75, 3.05) is 6.61 Å². The SMILES string of the molecule is OC[C@H]1O[C@@](O)(Cc2ccccc2)[C@@H](O)[C@@H](O)[C@@H]1O. The molecule has 1 aromatic rings. The van der Waals surface area contributed by atoms with Crippen LogP contribution in [0, 0.1) is 0 Å². The van der Waals surface area contributed by atoms with Crippen molar-refractivity contribution in [3.05, 3.63) is 35.9 Å². The van der Waals surface area contributed by atoms with Crippen LogP contribution in [0.15, 0.2) is 30.3 Å². The fourth-order valence-corrected chi connectivity index (χ4v) is 2.25. The van der Waals surface area contributed by atoms with Crippen molar-refractivity contribution in [2.24, 2.45) is 0 Å². The first-order valence-electron chi connectivity index (χ1n) is 6.07. The first-order chi connectivity index (χ1) is 8.98. The van der Waals surface area contributed by atoms with Gasteiger partial charge in [0, 0.05) is 6.42 Å². The highest BCUT2D eigenvalue weighted by atomic mass is 16.7. The van der Waals surface area contributed by atoms with Crippen LogP contribution in [-0.2, 0) is 11.2 Å². The molecule has 1 fully saturated rings. The topological polar surface area (TPSA) is 110 Å². The molecule has 0 bridgehead atoms. The van der Waals surface area contributed by atoms with E-state index in [4.69, 9.17) is 9.84 Å². The van der Waals surface area contributed by atoms with Crippen LogP contribution in [0.5, 0.6) is 0 Å². The molecule has 1 aliphatic rings. The second kappa shape index (κ2) is 5.54. The molecule has 1 heterocycles. The van der Waals surface area contributed by atoms with Crippen LogP contribution in [0.3, 0.4) is 0 Å². The lowest BCUT2D eigenvalue weighted by Gasteiger charge is -2.45. The second-order valence-corrected chi connectivity index (χ2v) is 4.77. The first kappa shape index (κ1) is 14.4. The van der Waals surface area contributed by atoms with Gasteiger partial charge in [0.05, 0.1) is 6.61 Å². The minimum atomic E-state index is -2.05. The molecular formula is C13H18O6. The Bertz CT molecular complexity index is 409. The minimum Gasteiger partial charge on any atom is -0.394 e. The summed E-state index contributed by atoms with van der Waals surface area (Å²) < 4.78 is 5.17. The van der Waals surface area contributed by atoms with E-state index < -0.39 is 36.8 Å². The molecule has 2 rings (SSSR count). The molecule has 1 saturated heterocycles. The molecule has 0 radical (unpaired) electrons. The molecule has 1 aromatic carbocycles. The van der Waals surface area contributed by atoms with Crippen LogP contribution in [0.4, 0.5) is 0 Å². The fourth-order valence-electron chi connectivity index (χ4n) is 2.25. The number of hydrogen-bond donors (Lipinski definition) is 5. The van der Waals surface area contributed by atoms with E-state index in [1.54, 1.807) is 30.3 Å². The molecule has 0 amide bonds. The van der Waals surface area contributed by atoms with E-state index in [1.165, 1.54) is 0 Å². The third-order valence-electron chi connectivity index (χ3n) is 3.35. The summed E-state index contributed by atoms with van der Waals surface area (Å²) in [6.07, 6.45) is -5.90. The Morgan fingerprint density at radius 3 is 2.26 bits per heavy atom. The normalized spacial score (nSPS) is 39.2. The summed E-state index contributed by atoms with van der Waals surface area (Å²) >= 11 is 0. The minimum absolute atomic E-state index is 0.0602. The van der Waals surface area contributed by atoms with Gasteiger partial charge in [-0.2, -0.15) is 0 Å². The molecular weight excluding hydrogens is 252 g/mol. The first-order valence-corrected chi connectivity index (χ1v) is 6.07. The van der Waals surface area contributed by atoms with Gasteiger partial charge in [-0.25, -0.2) is 0 Å². The lowest BCUT2D eigenvalue weighted by atomic mass is 9.89. The van der Waals surface area contributed by atoms with E-state index in [9.17, 15) is 20.4 Å². The smallest absolute Gasteiger partial charge is 0.199 e. The predicted molar refractivity (Wildman–Crippen MR) is 65.1 cm³/mol. The number of hydrogen-bond acceptors (Lipinski definition) is 6. The summed E-state index contributed by atoms with van der Waals surface area (Å²) in [6.45, 7) is -0.567. The zero-order valence-corrected chi connectivity index (χ0v) is 10.3. The Morgan fingerprint density at radius 2 is 1.68 bits per heavy atom. The molecule has 19 heavy (non-hydrogen) atoms. The quantitative estimate of drug-likeness (QED) is 0.452. The zero-order valence-electron chi connectivity index (χ0n) is 10.3. The number of aliphatic hydroxyl groups is 5. The molecule has 106 valence electrons. The van der Waals surface area contributed by atoms with Crippen molar-refractivity contribution in [1.82, 2.24) is 0 Å². The summed E-state index contributed by atoms with van der Waals surface area (Å²) in [5.74, 6) is -2.05. The molecule has 0 aromatic heterocycles. The molecule has 6 nitrogen and oxygen atoms in total. The number of aliphatic hydroxyl groups excluding tert-OH is 4. The monoisotopic (exact) mass is 270 g/mol. The standard InChI is InChI=1S/C13H18O6/c14-7-9-10(15)11(16)12(17)13(18,19-9)6-8-4-2-1-3-5-8/h1-5,9-12,14-18H,6-7H2/t9-,10-,11+,12+,13+/m1/s1. The summed E-state index contributed by atoms with van der Waals surface area (Å²) in [5, 5.41) is 48.6. The average molecular weight is 270 g/mol. The van der Waals surface area contributed by atoms with Crippen molar-refractivity contribution in [2.45, 2.75) is 36.6 Å². The van der Waals surface area contributed by atoms with Gasteiger partial charge in [-0.1, -0.05) is 30.3 Å². The molecule has 5 N–H and O–H groups in total. The van der Waals surface area contributed by atoms with Gasteiger partial charge in [0.2, 0.25) is 0 Å². The van der Waals surface area contributed by atoms with E-state index in [0.29, 0.717) is 5.56 Å². The number of benzene rings is 1. The Kier molecular flexibility index (Phi) is 4.19. The highest BCUT2D eigenvalue weighted by Crippen LogP contribution is 2.30. The van der Waals surface area contributed by atoms with Gasteiger partial charge < -0.3 is 30.3 Å². The molecule has 5 atom stereocenters. The van der Waals surface area contributed by atoms with Crippen LogP contribution < -0.4 is 0 Å². The summed E-state index contributed by atoms with van der Waals surface area (Å²) in [7, 11) is 0. The van der Waals surface area contributed by atoms with E-state index in [2.05, 4.69) is 0 Å². The summed E-state index contributed by atoms with van der Waals surface area (Å²) in [5.41, 5.74) is 0.698. The Morgan fingerprint density at radius 1 is 1.05 bits per heavy atom. The second-order valence-electron chi connectivity index (χ2n) is 4.77. The highest BCUT2D eigenvalue weighted by molar-refractivity contribution is 5.17. The Hall–Kier alpha value is -1.02. The lowest BCUT2D eigenvalue weighted by Crippen LogP contribution is -2.65. The molecule has 0 saturated carbocycles. The van der Waals surface area contributed by atoms with Crippen molar-refractivity contribution in [3.8, 4) is 0 Å². The summed E-state index contributed by atoms with van der Waals surface area (Å²) in [6, 6.07) is 8.81. The van der Waals surface area contributed by atoms with Gasteiger partial charge in [0.1, 0.15) is 24.4 Å². The van der Waals surface area contributed by atoms with Gasteiger partial charge >= 0.3 is 0 Å². The van der Waals surface area contributed by atoms with Crippen LogP contribution in [0.1, 0.15) is 5.56 Å². The maximum Gasteiger partial charge on any atom is 0.199 e. The third-order valence-corrected chi connectivity index (χ3v) is 3.35. The molecule has 1 aliphatic heterocycles. The maximum absolute atomic E-state index is 10.3. The zero-order chi connectivity index (χ0) is 14.0. The fraction of sp³-hybridized carbons (Fsp3) is 0.538.